The highest BCUT2D eigenvalue weighted by Crippen LogP contribution is 2.27. The summed E-state index contributed by atoms with van der Waals surface area (Å²) in [5.74, 6) is -0.0738. The third-order valence-electron chi connectivity index (χ3n) is 2.55. The number of rotatable bonds is 4. The summed E-state index contributed by atoms with van der Waals surface area (Å²) >= 11 is 1.53. The maximum atomic E-state index is 11.0. The Morgan fingerprint density at radius 1 is 1.47 bits per heavy atom. The number of nitrogens with zero attached hydrogens (tertiary/aromatic N) is 1. The van der Waals surface area contributed by atoms with Crippen LogP contribution in [-0.2, 0) is 11.2 Å². The van der Waals surface area contributed by atoms with E-state index in [1.165, 1.54) is 36.7 Å². The average Bonchev–Trinajstić information content (AvgIpc) is 2.66. The first-order valence-electron chi connectivity index (χ1n) is 5.86. The van der Waals surface area contributed by atoms with E-state index in [-0.39, 0.29) is 5.91 Å². The molecule has 90 valence electrons. The number of carbonyl (C=O) groups excluding carboxylic acids is 1. The van der Waals surface area contributed by atoms with E-state index < -0.39 is 0 Å². The molecule has 0 saturated heterocycles. The van der Waals surface area contributed by atoms with Crippen molar-refractivity contribution in [3.05, 3.63) is 23.8 Å². The number of amides is 1. The number of aryl methyl sites for hydroxylation is 1. The number of unbranched alkanes of at least 4 members (excludes halogenated alkanes) is 1. The van der Waals surface area contributed by atoms with Gasteiger partial charge in [-0.15, -0.1) is 0 Å². The molecule has 3 nitrogen and oxygen atoms in total. The topological polar surface area (TPSA) is 42.0 Å². The normalized spacial score (nSPS) is 10.7. The van der Waals surface area contributed by atoms with Crippen LogP contribution in [0, 0.1) is 0 Å². The van der Waals surface area contributed by atoms with Crippen LogP contribution >= 0.6 is 11.3 Å². The fourth-order valence-electron chi connectivity index (χ4n) is 1.71. The maximum Gasteiger partial charge on any atom is 0.223 e. The molecule has 0 bridgehead atoms. The molecule has 4 heteroatoms. The zero-order valence-corrected chi connectivity index (χ0v) is 10.9. The van der Waals surface area contributed by atoms with Crippen LogP contribution in [0.15, 0.2) is 18.2 Å². The molecule has 0 aliphatic heterocycles. The largest absolute Gasteiger partial charge is 0.302 e. The standard InChI is InChI=1S/C13H16N2OS/c1-3-4-5-10-6-7-11-12(8-10)17-13(15-11)14-9(2)16/h6-8H,3-5H2,1-2H3,(H,14,15,16). The summed E-state index contributed by atoms with van der Waals surface area (Å²) in [5.41, 5.74) is 2.30. The minimum absolute atomic E-state index is 0.0738. The van der Waals surface area contributed by atoms with Crippen LogP contribution in [0.1, 0.15) is 32.3 Å². The Labute approximate surface area is 105 Å². The minimum Gasteiger partial charge on any atom is -0.302 e. The van der Waals surface area contributed by atoms with Crippen molar-refractivity contribution in [2.45, 2.75) is 33.1 Å². The lowest BCUT2D eigenvalue weighted by molar-refractivity contribution is -0.114. The number of carbonyl (C=O) groups is 1. The zero-order chi connectivity index (χ0) is 12.3. The molecule has 2 aromatic rings. The molecule has 0 aliphatic carbocycles. The summed E-state index contributed by atoms with van der Waals surface area (Å²) in [6.45, 7) is 3.69. The van der Waals surface area contributed by atoms with Crippen LogP contribution in [0.4, 0.5) is 5.13 Å². The Kier molecular flexibility index (Phi) is 3.74. The van der Waals surface area contributed by atoms with Crippen molar-refractivity contribution in [3.8, 4) is 0 Å². The lowest BCUT2D eigenvalue weighted by atomic mass is 10.1. The number of thiazole rings is 1. The van der Waals surface area contributed by atoms with E-state index in [0.29, 0.717) is 5.13 Å². The molecule has 0 aliphatic rings. The Morgan fingerprint density at radius 2 is 2.29 bits per heavy atom. The van der Waals surface area contributed by atoms with Gasteiger partial charge < -0.3 is 5.32 Å². The number of anilines is 1. The summed E-state index contributed by atoms with van der Waals surface area (Å²) in [4.78, 5) is 15.3. The van der Waals surface area contributed by atoms with Gasteiger partial charge in [0.25, 0.3) is 0 Å². The highest BCUT2D eigenvalue weighted by Gasteiger charge is 2.05. The molecule has 2 rings (SSSR count). The van der Waals surface area contributed by atoms with Crippen molar-refractivity contribution < 1.29 is 4.79 Å². The van der Waals surface area contributed by atoms with Gasteiger partial charge >= 0.3 is 0 Å². The van der Waals surface area contributed by atoms with Gasteiger partial charge in [-0.3, -0.25) is 4.79 Å². The summed E-state index contributed by atoms with van der Waals surface area (Å²) in [7, 11) is 0. The number of hydrogen-bond donors (Lipinski definition) is 1. The van der Waals surface area contributed by atoms with Gasteiger partial charge in [0.1, 0.15) is 0 Å². The summed E-state index contributed by atoms with van der Waals surface area (Å²) in [6.07, 6.45) is 3.53. The molecule has 17 heavy (non-hydrogen) atoms. The molecule has 1 N–H and O–H groups in total. The number of hydrogen-bond acceptors (Lipinski definition) is 3. The molecule has 0 spiro atoms. The number of aromatic nitrogens is 1. The second-order valence-corrected chi connectivity index (χ2v) is 5.14. The van der Waals surface area contributed by atoms with Crippen LogP contribution in [0.5, 0.6) is 0 Å². The van der Waals surface area contributed by atoms with Crippen LogP contribution in [0.2, 0.25) is 0 Å². The van der Waals surface area contributed by atoms with Gasteiger partial charge in [0, 0.05) is 6.92 Å². The molecule has 0 fully saturated rings. The zero-order valence-electron chi connectivity index (χ0n) is 10.1. The second-order valence-electron chi connectivity index (χ2n) is 4.11. The van der Waals surface area contributed by atoms with Gasteiger partial charge in [0.2, 0.25) is 5.91 Å². The Bertz CT molecular complexity index is 533. The molecular formula is C13H16N2OS. The van der Waals surface area contributed by atoms with E-state index in [9.17, 15) is 4.79 Å². The first kappa shape index (κ1) is 12.0. The fraction of sp³-hybridized carbons (Fsp3) is 0.385. The fourth-order valence-corrected chi connectivity index (χ4v) is 2.69. The van der Waals surface area contributed by atoms with Gasteiger partial charge in [-0.1, -0.05) is 30.7 Å². The third-order valence-corrected chi connectivity index (χ3v) is 3.49. The summed E-state index contributed by atoms with van der Waals surface area (Å²) < 4.78 is 1.14. The predicted octanol–water partition coefficient (Wildman–Crippen LogP) is 3.60. The van der Waals surface area contributed by atoms with Crippen molar-refractivity contribution in [3.63, 3.8) is 0 Å². The molecule has 0 unspecified atom stereocenters. The van der Waals surface area contributed by atoms with Gasteiger partial charge in [-0.25, -0.2) is 4.98 Å². The van der Waals surface area contributed by atoms with E-state index in [4.69, 9.17) is 0 Å². The summed E-state index contributed by atoms with van der Waals surface area (Å²) in [5, 5.41) is 3.41. The van der Waals surface area contributed by atoms with Gasteiger partial charge in [-0.2, -0.15) is 0 Å². The van der Waals surface area contributed by atoms with Gasteiger partial charge in [0.05, 0.1) is 10.2 Å². The lowest BCUT2D eigenvalue weighted by Crippen LogP contribution is -2.04. The van der Waals surface area contributed by atoms with Gasteiger partial charge in [0.15, 0.2) is 5.13 Å². The minimum atomic E-state index is -0.0738. The number of fused-ring (bicyclic) bond motifs is 1. The first-order chi connectivity index (χ1) is 8.19. The van der Waals surface area contributed by atoms with Crippen LogP contribution in [0.25, 0.3) is 10.2 Å². The van der Waals surface area contributed by atoms with Crippen molar-refractivity contribution in [1.82, 2.24) is 4.98 Å². The average molecular weight is 248 g/mol. The predicted molar refractivity (Wildman–Crippen MR) is 72.5 cm³/mol. The molecule has 1 heterocycles. The van der Waals surface area contributed by atoms with Crippen molar-refractivity contribution in [1.29, 1.82) is 0 Å². The summed E-state index contributed by atoms with van der Waals surface area (Å²) in [6, 6.07) is 6.32. The molecule has 1 amide bonds. The van der Waals surface area contributed by atoms with E-state index in [2.05, 4.69) is 29.4 Å². The molecule has 0 radical (unpaired) electrons. The van der Waals surface area contributed by atoms with Crippen molar-refractivity contribution in [2.75, 3.05) is 5.32 Å². The van der Waals surface area contributed by atoms with Crippen molar-refractivity contribution in [2.24, 2.45) is 0 Å². The highest BCUT2D eigenvalue weighted by atomic mass is 32.1. The number of nitrogens with one attached hydrogen (secondary N) is 1. The SMILES string of the molecule is CCCCc1ccc2nc(NC(C)=O)sc2c1. The van der Waals surface area contributed by atoms with E-state index in [0.717, 1.165) is 16.6 Å². The second kappa shape index (κ2) is 5.27. The Balaban J connectivity index is 2.24. The van der Waals surface area contributed by atoms with E-state index in [1.54, 1.807) is 0 Å². The van der Waals surface area contributed by atoms with Crippen LogP contribution in [0.3, 0.4) is 0 Å². The first-order valence-corrected chi connectivity index (χ1v) is 6.67. The molecule has 1 aromatic carbocycles. The molecule has 0 saturated carbocycles. The quantitative estimate of drug-likeness (QED) is 0.898. The third kappa shape index (κ3) is 3.03. The van der Waals surface area contributed by atoms with E-state index in [1.807, 2.05) is 6.07 Å². The number of benzene rings is 1. The Morgan fingerprint density at radius 3 is 3.00 bits per heavy atom. The van der Waals surface area contributed by atoms with Gasteiger partial charge in [-0.05, 0) is 30.5 Å². The molecule has 0 atom stereocenters. The lowest BCUT2D eigenvalue weighted by Gasteiger charge is -1.98. The maximum absolute atomic E-state index is 11.0. The Hall–Kier alpha value is -1.42. The smallest absolute Gasteiger partial charge is 0.223 e. The molecule has 1 aromatic heterocycles. The van der Waals surface area contributed by atoms with Crippen LogP contribution in [-0.4, -0.2) is 10.9 Å². The molecular weight excluding hydrogens is 232 g/mol. The van der Waals surface area contributed by atoms with Crippen molar-refractivity contribution >= 4 is 32.6 Å². The van der Waals surface area contributed by atoms with E-state index >= 15 is 0 Å². The monoisotopic (exact) mass is 248 g/mol. The highest BCUT2D eigenvalue weighted by molar-refractivity contribution is 7.22. The van der Waals surface area contributed by atoms with Crippen LogP contribution < -0.4 is 5.32 Å².